The van der Waals surface area contributed by atoms with Crippen molar-refractivity contribution in [2.75, 3.05) is 17.7 Å². The summed E-state index contributed by atoms with van der Waals surface area (Å²) >= 11 is 0. The number of carbonyl (C=O) groups excluding carboxylic acids is 1. The normalized spacial score (nSPS) is 11.1. The van der Waals surface area contributed by atoms with Crippen molar-refractivity contribution in [2.24, 2.45) is 0 Å². The minimum atomic E-state index is -0.588. The predicted octanol–water partition coefficient (Wildman–Crippen LogP) is 6.02. The molecule has 0 unspecified atom stereocenters. The molecular formula is C25H28N2O3. The molecule has 0 aliphatic heterocycles. The molecule has 0 aliphatic carbocycles. The summed E-state index contributed by atoms with van der Waals surface area (Å²) in [7, 11) is 1.63. The van der Waals surface area contributed by atoms with E-state index < -0.39 is 11.7 Å². The van der Waals surface area contributed by atoms with Crippen molar-refractivity contribution in [3.8, 4) is 11.5 Å². The Morgan fingerprint density at radius 1 is 0.900 bits per heavy atom. The molecule has 5 nitrogen and oxygen atoms in total. The molecule has 0 saturated heterocycles. The predicted molar refractivity (Wildman–Crippen MR) is 121 cm³/mol. The Morgan fingerprint density at radius 2 is 1.50 bits per heavy atom. The van der Waals surface area contributed by atoms with Gasteiger partial charge in [0.2, 0.25) is 0 Å². The SMILES string of the molecule is CN(C(=O)OC(C)(C)C)c1cc(Oc2ccc(Cc3ccccc3)cc2)ccc1N. The van der Waals surface area contributed by atoms with Gasteiger partial charge in [-0.2, -0.15) is 0 Å². The van der Waals surface area contributed by atoms with Crippen LogP contribution in [0.4, 0.5) is 16.2 Å². The molecule has 0 radical (unpaired) electrons. The molecular weight excluding hydrogens is 376 g/mol. The summed E-state index contributed by atoms with van der Waals surface area (Å²) in [6.07, 6.45) is 0.394. The zero-order valence-corrected chi connectivity index (χ0v) is 17.9. The summed E-state index contributed by atoms with van der Waals surface area (Å²) in [5.74, 6) is 1.30. The van der Waals surface area contributed by atoms with Gasteiger partial charge in [-0.15, -0.1) is 0 Å². The first-order chi connectivity index (χ1) is 14.2. The van der Waals surface area contributed by atoms with Crippen LogP contribution in [0.2, 0.25) is 0 Å². The van der Waals surface area contributed by atoms with Crippen molar-refractivity contribution in [1.82, 2.24) is 0 Å². The van der Waals surface area contributed by atoms with Crippen molar-refractivity contribution in [2.45, 2.75) is 32.8 Å². The van der Waals surface area contributed by atoms with Gasteiger partial charge in [0.1, 0.15) is 17.1 Å². The Balaban J connectivity index is 1.71. The largest absolute Gasteiger partial charge is 0.457 e. The van der Waals surface area contributed by atoms with Gasteiger partial charge in [-0.1, -0.05) is 42.5 Å². The number of ether oxygens (including phenoxy) is 2. The highest BCUT2D eigenvalue weighted by molar-refractivity contribution is 5.91. The third-order valence-electron chi connectivity index (χ3n) is 4.44. The molecule has 0 aromatic heterocycles. The highest BCUT2D eigenvalue weighted by atomic mass is 16.6. The Labute approximate surface area is 178 Å². The van der Waals surface area contributed by atoms with Gasteiger partial charge < -0.3 is 15.2 Å². The number of amides is 1. The highest BCUT2D eigenvalue weighted by Gasteiger charge is 2.22. The molecule has 0 fully saturated rings. The van der Waals surface area contributed by atoms with Crippen molar-refractivity contribution in [3.05, 3.63) is 83.9 Å². The molecule has 0 bridgehead atoms. The second kappa shape index (κ2) is 8.91. The molecule has 0 saturated carbocycles. The number of carbonyl (C=O) groups is 1. The van der Waals surface area contributed by atoms with E-state index in [1.807, 2.05) is 63.2 Å². The van der Waals surface area contributed by atoms with Crippen LogP contribution in [0.5, 0.6) is 11.5 Å². The minimum Gasteiger partial charge on any atom is -0.457 e. The standard InChI is InChI=1S/C25H28N2O3/c1-25(2,3)30-24(28)27(4)23-17-21(14-15-22(23)26)29-20-12-10-19(11-13-20)16-18-8-6-5-7-9-18/h5-15,17H,16,26H2,1-4H3. The second-order valence-electron chi connectivity index (χ2n) is 8.17. The lowest BCUT2D eigenvalue weighted by Crippen LogP contribution is -2.34. The number of anilines is 2. The van der Waals surface area contributed by atoms with Gasteiger partial charge in [0.05, 0.1) is 11.4 Å². The van der Waals surface area contributed by atoms with E-state index in [2.05, 4.69) is 12.1 Å². The molecule has 0 heterocycles. The quantitative estimate of drug-likeness (QED) is 0.528. The van der Waals surface area contributed by atoms with Crippen LogP contribution >= 0.6 is 0 Å². The molecule has 0 spiro atoms. The third kappa shape index (κ3) is 5.77. The lowest BCUT2D eigenvalue weighted by Gasteiger charge is -2.25. The van der Waals surface area contributed by atoms with Crippen LogP contribution < -0.4 is 15.4 Å². The number of nitrogen functional groups attached to an aromatic ring is 1. The number of rotatable bonds is 5. The van der Waals surface area contributed by atoms with Gasteiger partial charge >= 0.3 is 6.09 Å². The molecule has 3 aromatic carbocycles. The fourth-order valence-corrected chi connectivity index (χ4v) is 2.95. The number of hydrogen-bond acceptors (Lipinski definition) is 4. The first-order valence-electron chi connectivity index (χ1n) is 9.88. The first-order valence-corrected chi connectivity index (χ1v) is 9.88. The summed E-state index contributed by atoms with van der Waals surface area (Å²) in [6, 6.07) is 23.5. The Morgan fingerprint density at radius 3 is 2.13 bits per heavy atom. The maximum absolute atomic E-state index is 12.4. The monoisotopic (exact) mass is 404 g/mol. The molecule has 0 aliphatic rings. The van der Waals surface area contributed by atoms with Crippen LogP contribution in [-0.4, -0.2) is 18.7 Å². The number of nitrogens with zero attached hydrogens (tertiary/aromatic N) is 1. The van der Waals surface area contributed by atoms with Crippen molar-refractivity contribution < 1.29 is 14.3 Å². The Bertz CT molecular complexity index is 993. The van der Waals surface area contributed by atoms with E-state index >= 15 is 0 Å². The van der Waals surface area contributed by atoms with Crippen LogP contribution in [0.15, 0.2) is 72.8 Å². The molecule has 30 heavy (non-hydrogen) atoms. The summed E-state index contributed by atoms with van der Waals surface area (Å²) < 4.78 is 11.4. The van der Waals surface area contributed by atoms with E-state index in [-0.39, 0.29) is 0 Å². The molecule has 3 aromatic rings. The second-order valence-corrected chi connectivity index (χ2v) is 8.17. The lowest BCUT2D eigenvalue weighted by atomic mass is 10.1. The van der Waals surface area contributed by atoms with Crippen LogP contribution in [0.3, 0.4) is 0 Å². The van der Waals surface area contributed by atoms with Crippen molar-refractivity contribution in [3.63, 3.8) is 0 Å². The molecule has 3 rings (SSSR count). The topological polar surface area (TPSA) is 64.8 Å². The van der Waals surface area contributed by atoms with E-state index in [1.54, 1.807) is 25.2 Å². The maximum Gasteiger partial charge on any atom is 0.414 e. The minimum absolute atomic E-state index is 0.467. The lowest BCUT2D eigenvalue weighted by molar-refractivity contribution is 0.0589. The van der Waals surface area contributed by atoms with Crippen molar-refractivity contribution in [1.29, 1.82) is 0 Å². The van der Waals surface area contributed by atoms with E-state index in [4.69, 9.17) is 15.2 Å². The van der Waals surface area contributed by atoms with E-state index in [1.165, 1.54) is 16.0 Å². The fraction of sp³-hybridized carbons (Fsp3) is 0.240. The molecule has 156 valence electrons. The number of hydrogen-bond donors (Lipinski definition) is 1. The van der Waals surface area contributed by atoms with Gasteiger partial charge in [-0.05, 0) is 62.6 Å². The van der Waals surface area contributed by atoms with Crippen LogP contribution in [0.25, 0.3) is 0 Å². The molecule has 0 atom stereocenters. The number of nitrogens with two attached hydrogens (primary N) is 1. The number of benzene rings is 3. The summed E-state index contributed by atoms with van der Waals surface area (Å²) in [4.78, 5) is 13.8. The van der Waals surface area contributed by atoms with E-state index in [0.717, 1.165) is 6.42 Å². The van der Waals surface area contributed by atoms with Crippen LogP contribution in [0.1, 0.15) is 31.9 Å². The first kappa shape index (κ1) is 21.2. The van der Waals surface area contributed by atoms with E-state index in [0.29, 0.717) is 22.9 Å². The smallest absolute Gasteiger partial charge is 0.414 e. The summed E-state index contributed by atoms with van der Waals surface area (Å²) in [6.45, 7) is 5.47. The Hall–Kier alpha value is -3.47. The molecule has 2 N–H and O–H groups in total. The summed E-state index contributed by atoms with van der Waals surface area (Å²) in [5.41, 5.74) is 8.95. The van der Waals surface area contributed by atoms with Crippen molar-refractivity contribution >= 4 is 17.5 Å². The maximum atomic E-state index is 12.4. The average Bonchev–Trinajstić information content (AvgIpc) is 2.70. The fourth-order valence-electron chi connectivity index (χ4n) is 2.95. The molecule has 5 heteroatoms. The zero-order valence-electron chi connectivity index (χ0n) is 17.9. The third-order valence-corrected chi connectivity index (χ3v) is 4.44. The average molecular weight is 405 g/mol. The van der Waals surface area contributed by atoms with Gasteiger partial charge in [0.15, 0.2) is 0 Å². The Kier molecular flexibility index (Phi) is 6.31. The van der Waals surface area contributed by atoms with Crippen LogP contribution in [-0.2, 0) is 11.2 Å². The van der Waals surface area contributed by atoms with Crippen LogP contribution in [0, 0.1) is 0 Å². The van der Waals surface area contributed by atoms with Gasteiger partial charge in [-0.3, -0.25) is 4.90 Å². The van der Waals surface area contributed by atoms with E-state index in [9.17, 15) is 4.79 Å². The zero-order chi connectivity index (χ0) is 21.7. The van der Waals surface area contributed by atoms with Gasteiger partial charge in [0.25, 0.3) is 0 Å². The van der Waals surface area contributed by atoms with Gasteiger partial charge in [-0.25, -0.2) is 4.79 Å². The highest BCUT2D eigenvalue weighted by Crippen LogP contribution is 2.31. The molecule has 1 amide bonds. The summed E-state index contributed by atoms with van der Waals surface area (Å²) in [5, 5.41) is 0. The van der Waals surface area contributed by atoms with Gasteiger partial charge in [0, 0.05) is 13.1 Å².